The molecular weight excluding hydrogens is 705 g/mol. The van der Waals surface area contributed by atoms with E-state index in [1.165, 1.54) is 22.7 Å². The first-order chi connectivity index (χ1) is 25.2. The van der Waals surface area contributed by atoms with E-state index < -0.39 is 42.3 Å². The van der Waals surface area contributed by atoms with Gasteiger partial charge in [0.15, 0.2) is 5.13 Å². The number of alkyl carbamates (subject to hydrolysis) is 2. The number of benzene rings is 2. The van der Waals surface area contributed by atoms with Crippen molar-refractivity contribution in [2.75, 3.05) is 31.2 Å². The minimum absolute atomic E-state index is 0.0373. The van der Waals surface area contributed by atoms with Gasteiger partial charge in [-0.1, -0.05) is 74.5 Å². The van der Waals surface area contributed by atoms with Gasteiger partial charge in [0.1, 0.15) is 19.3 Å². The highest BCUT2D eigenvalue weighted by Crippen LogP contribution is 2.22. The van der Waals surface area contributed by atoms with Crippen LogP contribution in [0.1, 0.15) is 42.0 Å². The summed E-state index contributed by atoms with van der Waals surface area (Å²) in [5.74, 6) is -0.692. The van der Waals surface area contributed by atoms with Crippen LogP contribution in [0.4, 0.5) is 14.7 Å². The van der Waals surface area contributed by atoms with Gasteiger partial charge in [-0.15, -0.1) is 22.7 Å². The molecule has 15 heteroatoms. The van der Waals surface area contributed by atoms with Crippen molar-refractivity contribution in [3.05, 3.63) is 99.4 Å². The number of morpholine rings is 1. The van der Waals surface area contributed by atoms with Gasteiger partial charge in [0.2, 0.25) is 5.91 Å². The summed E-state index contributed by atoms with van der Waals surface area (Å²) in [7, 11) is 0. The lowest BCUT2D eigenvalue weighted by molar-refractivity contribution is -0.125. The summed E-state index contributed by atoms with van der Waals surface area (Å²) in [4.78, 5) is 51.2. The number of hydrogen-bond acceptors (Lipinski definition) is 12. The third-order valence-electron chi connectivity index (χ3n) is 8.49. The molecule has 4 atom stereocenters. The summed E-state index contributed by atoms with van der Waals surface area (Å²) in [6, 6.07) is 16.9. The number of rotatable bonds is 17. The summed E-state index contributed by atoms with van der Waals surface area (Å²) in [5.41, 5.74) is 4.14. The smallest absolute Gasteiger partial charge is 0.408 e. The van der Waals surface area contributed by atoms with Crippen LogP contribution in [-0.4, -0.2) is 83.7 Å². The van der Waals surface area contributed by atoms with Crippen molar-refractivity contribution in [3.8, 4) is 0 Å². The molecule has 4 aromatic rings. The molecule has 4 N–H and O–H groups in total. The second kappa shape index (κ2) is 19.9. The topological polar surface area (TPSA) is 164 Å². The highest BCUT2D eigenvalue weighted by atomic mass is 32.1. The zero-order chi connectivity index (χ0) is 36.7. The molecule has 278 valence electrons. The molecule has 1 fully saturated rings. The number of nitrogens with one attached hydrogen (secondary N) is 3. The van der Waals surface area contributed by atoms with Crippen molar-refractivity contribution in [1.29, 1.82) is 0 Å². The molecule has 0 saturated carbocycles. The summed E-state index contributed by atoms with van der Waals surface area (Å²) in [5, 5.41) is 23.0. The summed E-state index contributed by atoms with van der Waals surface area (Å²) in [6.45, 7) is 6.49. The van der Waals surface area contributed by atoms with Gasteiger partial charge in [-0.25, -0.2) is 14.6 Å². The van der Waals surface area contributed by atoms with E-state index in [4.69, 9.17) is 14.2 Å². The van der Waals surface area contributed by atoms with Gasteiger partial charge in [-0.05, 0) is 36.3 Å². The molecule has 1 saturated heterocycles. The Hall–Kier alpha value is -4.57. The third-order valence-corrected chi connectivity index (χ3v) is 10.2. The van der Waals surface area contributed by atoms with Crippen LogP contribution in [0.15, 0.2) is 77.8 Å². The molecule has 3 heterocycles. The Kier molecular flexibility index (Phi) is 14.8. The van der Waals surface area contributed by atoms with Crippen LogP contribution >= 0.6 is 22.7 Å². The van der Waals surface area contributed by atoms with Gasteiger partial charge in [-0.2, -0.15) is 0 Å². The lowest BCUT2D eigenvalue weighted by Crippen LogP contribution is -2.54. The second-order valence-electron chi connectivity index (χ2n) is 12.8. The molecule has 0 aliphatic carbocycles. The SMILES string of the molecule is CC(C)[C@H](NC(=O)OCc1csc(N2CCOCC2)n1)C(=O)N[C@@H](Cc1ccccc1)C[C@H](O)[C@H](Cc1ccccc1)NC(=O)OCc1cncs1. The molecule has 0 radical (unpaired) electrons. The van der Waals surface area contributed by atoms with Crippen LogP contribution in [0.5, 0.6) is 0 Å². The molecular formula is C37H46N6O7S2. The Labute approximate surface area is 311 Å². The fourth-order valence-electron chi connectivity index (χ4n) is 5.74. The number of aliphatic hydroxyl groups excluding tert-OH is 1. The zero-order valence-electron chi connectivity index (χ0n) is 29.3. The number of aliphatic hydroxyl groups is 1. The standard InChI is InChI=1S/C37H46N6O7S2/c1-25(2)33(42-37(47)49-21-29-23-51-35(40-29)43-13-15-48-16-14-43)34(45)39-28(17-26-9-5-3-6-10-26)19-32(44)31(18-27-11-7-4-8-12-27)41-36(46)50-22-30-20-38-24-52-30/h3-12,20,23-25,28,31-33,44H,13-19,21-22H2,1-2H3,(H,39,45)(H,41,46)(H,42,47)/t28-,31-,32-,33-/m0/s1. The van der Waals surface area contributed by atoms with Gasteiger partial charge in [0.05, 0.1) is 41.4 Å². The van der Waals surface area contributed by atoms with E-state index in [-0.39, 0.29) is 25.6 Å². The van der Waals surface area contributed by atoms with Crippen molar-refractivity contribution in [2.45, 2.75) is 70.6 Å². The minimum atomic E-state index is -1.07. The monoisotopic (exact) mass is 750 g/mol. The van der Waals surface area contributed by atoms with Crippen molar-refractivity contribution in [1.82, 2.24) is 25.9 Å². The maximum atomic E-state index is 13.8. The first-order valence-corrected chi connectivity index (χ1v) is 19.1. The third kappa shape index (κ3) is 12.3. The van der Waals surface area contributed by atoms with Gasteiger partial charge in [-0.3, -0.25) is 9.78 Å². The van der Waals surface area contributed by atoms with Gasteiger partial charge >= 0.3 is 12.2 Å². The number of amides is 3. The normalized spacial score (nSPS) is 15.3. The van der Waals surface area contributed by atoms with Crippen molar-refractivity contribution in [3.63, 3.8) is 0 Å². The van der Waals surface area contributed by atoms with Crippen molar-refractivity contribution in [2.24, 2.45) is 5.92 Å². The van der Waals surface area contributed by atoms with Crippen LogP contribution in [0.2, 0.25) is 0 Å². The van der Waals surface area contributed by atoms with E-state index in [1.807, 2.05) is 79.9 Å². The molecule has 1 aliphatic rings. The Morgan fingerprint density at radius 2 is 1.54 bits per heavy atom. The van der Waals surface area contributed by atoms with Crippen molar-refractivity contribution < 1.29 is 33.7 Å². The minimum Gasteiger partial charge on any atom is -0.444 e. The molecule has 13 nitrogen and oxygen atoms in total. The predicted molar refractivity (Wildman–Crippen MR) is 199 cm³/mol. The van der Waals surface area contributed by atoms with E-state index in [1.54, 1.807) is 11.7 Å². The average Bonchev–Trinajstić information content (AvgIpc) is 3.86. The molecule has 5 rings (SSSR count). The van der Waals surface area contributed by atoms with Gasteiger partial charge < -0.3 is 40.2 Å². The quantitative estimate of drug-likeness (QED) is 0.119. The molecule has 2 aromatic carbocycles. The number of anilines is 1. The Morgan fingerprint density at radius 3 is 2.19 bits per heavy atom. The lowest BCUT2D eigenvalue weighted by Gasteiger charge is -2.30. The molecule has 0 unspecified atom stereocenters. The number of aromatic nitrogens is 2. The first kappa shape index (κ1) is 38.7. The van der Waals surface area contributed by atoms with E-state index in [2.05, 4.69) is 30.8 Å². The van der Waals surface area contributed by atoms with Crippen molar-refractivity contribution >= 4 is 45.9 Å². The van der Waals surface area contributed by atoms with Gasteiger partial charge in [0, 0.05) is 30.7 Å². The lowest BCUT2D eigenvalue weighted by atomic mass is 9.93. The van der Waals surface area contributed by atoms with E-state index in [0.717, 1.165) is 34.2 Å². The largest absolute Gasteiger partial charge is 0.444 e. The maximum Gasteiger partial charge on any atom is 0.408 e. The molecule has 2 aromatic heterocycles. The summed E-state index contributed by atoms with van der Waals surface area (Å²) >= 11 is 2.86. The number of nitrogens with zero attached hydrogens (tertiary/aromatic N) is 3. The number of carbonyl (C=O) groups excluding carboxylic acids is 3. The fraction of sp³-hybridized carbons (Fsp3) is 0.432. The fourth-order valence-corrected chi connectivity index (χ4v) is 7.11. The Morgan fingerprint density at radius 1 is 0.885 bits per heavy atom. The van der Waals surface area contributed by atoms with E-state index in [0.29, 0.717) is 31.7 Å². The van der Waals surface area contributed by atoms with E-state index >= 15 is 0 Å². The molecule has 1 aliphatic heterocycles. The Balaban J connectivity index is 1.23. The summed E-state index contributed by atoms with van der Waals surface area (Å²) < 4.78 is 16.3. The number of thiazole rings is 2. The highest BCUT2D eigenvalue weighted by Gasteiger charge is 2.30. The first-order valence-electron chi connectivity index (χ1n) is 17.3. The molecule has 52 heavy (non-hydrogen) atoms. The van der Waals surface area contributed by atoms with Crippen LogP contribution in [-0.2, 0) is 45.1 Å². The van der Waals surface area contributed by atoms with E-state index in [9.17, 15) is 19.5 Å². The predicted octanol–water partition coefficient (Wildman–Crippen LogP) is 4.70. The second-order valence-corrected chi connectivity index (χ2v) is 14.7. The average molecular weight is 751 g/mol. The molecule has 0 bridgehead atoms. The number of ether oxygens (including phenoxy) is 3. The molecule has 0 spiro atoms. The summed E-state index contributed by atoms with van der Waals surface area (Å²) in [6.07, 6.45) is 0.000138. The van der Waals surface area contributed by atoms with Crippen LogP contribution in [0.3, 0.4) is 0 Å². The maximum absolute atomic E-state index is 13.8. The zero-order valence-corrected chi connectivity index (χ0v) is 30.9. The number of carbonyl (C=O) groups is 3. The number of hydrogen-bond donors (Lipinski definition) is 4. The Bertz CT molecular complexity index is 1670. The van der Waals surface area contributed by atoms with Crippen LogP contribution in [0, 0.1) is 5.92 Å². The van der Waals surface area contributed by atoms with Gasteiger partial charge in [0.25, 0.3) is 0 Å². The highest BCUT2D eigenvalue weighted by molar-refractivity contribution is 7.13. The van der Waals surface area contributed by atoms with Crippen LogP contribution < -0.4 is 20.9 Å². The molecule has 3 amide bonds. The van der Waals surface area contributed by atoms with Crippen LogP contribution in [0.25, 0.3) is 0 Å².